The Morgan fingerprint density at radius 3 is 2.69 bits per heavy atom. The number of hydrogen-bond acceptors (Lipinski definition) is 1. The lowest BCUT2D eigenvalue weighted by Crippen LogP contribution is -1.93. The molecule has 0 amide bonds. The van der Waals surface area contributed by atoms with Crippen molar-refractivity contribution in [2.45, 2.75) is 13.5 Å². The highest BCUT2D eigenvalue weighted by molar-refractivity contribution is 5.76. The van der Waals surface area contributed by atoms with Gasteiger partial charge in [0.15, 0.2) is 5.82 Å². The first-order chi connectivity index (χ1) is 6.24. The van der Waals surface area contributed by atoms with Gasteiger partial charge in [-0.3, -0.25) is 0 Å². The van der Waals surface area contributed by atoms with Gasteiger partial charge < -0.3 is 4.57 Å². The molecule has 0 unspecified atom stereocenters. The van der Waals surface area contributed by atoms with E-state index < -0.39 is 11.6 Å². The number of hydrogen-bond donors (Lipinski definition) is 0. The zero-order valence-corrected chi connectivity index (χ0v) is 7.09. The molecule has 4 heteroatoms. The van der Waals surface area contributed by atoms with Crippen molar-refractivity contribution in [2.24, 2.45) is 0 Å². The van der Waals surface area contributed by atoms with Gasteiger partial charge in [-0.25, -0.2) is 13.8 Å². The van der Waals surface area contributed by atoms with Crippen LogP contribution in [0.4, 0.5) is 8.78 Å². The Kier molecular flexibility index (Phi) is 1.76. The van der Waals surface area contributed by atoms with Crippen LogP contribution in [0.25, 0.3) is 11.0 Å². The molecule has 0 atom stereocenters. The first-order valence-corrected chi connectivity index (χ1v) is 4.03. The van der Waals surface area contributed by atoms with E-state index in [-0.39, 0.29) is 11.0 Å². The van der Waals surface area contributed by atoms with Gasteiger partial charge in [0.1, 0.15) is 16.9 Å². The van der Waals surface area contributed by atoms with Crippen LogP contribution in [0.5, 0.6) is 0 Å². The monoisotopic (exact) mass is 182 g/mol. The summed E-state index contributed by atoms with van der Waals surface area (Å²) < 4.78 is 27.9. The summed E-state index contributed by atoms with van der Waals surface area (Å²) >= 11 is 0. The third-order valence-electron chi connectivity index (χ3n) is 2.01. The fourth-order valence-corrected chi connectivity index (χ4v) is 1.35. The Balaban J connectivity index is 2.87. The zero-order chi connectivity index (χ0) is 9.42. The van der Waals surface area contributed by atoms with Crippen molar-refractivity contribution in [2.75, 3.05) is 0 Å². The van der Waals surface area contributed by atoms with Crippen LogP contribution < -0.4 is 0 Å². The van der Waals surface area contributed by atoms with Gasteiger partial charge in [0.25, 0.3) is 0 Å². The van der Waals surface area contributed by atoms with Gasteiger partial charge >= 0.3 is 0 Å². The molecule has 1 aromatic carbocycles. The maximum Gasteiger partial charge on any atom is 0.151 e. The minimum absolute atomic E-state index is 0.0989. The number of halogens is 2. The quantitative estimate of drug-likeness (QED) is 0.661. The van der Waals surface area contributed by atoms with E-state index in [9.17, 15) is 8.78 Å². The molecule has 0 saturated carbocycles. The highest BCUT2D eigenvalue weighted by Gasteiger charge is 2.10. The molecule has 2 rings (SSSR count). The summed E-state index contributed by atoms with van der Waals surface area (Å²) in [6.07, 6.45) is 1.44. The van der Waals surface area contributed by atoms with Gasteiger partial charge in [0.2, 0.25) is 0 Å². The number of benzene rings is 1. The standard InChI is InChI=1S/C9H8F2N2/c1-2-13-5-12-8-6(10)3-4-7(11)9(8)13/h3-5H,2H2,1H3. The summed E-state index contributed by atoms with van der Waals surface area (Å²) in [5.41, 5.74) is 0.337. The van der Waals surface area contributed by atoms with E-state index in [0.717, 1.165) is 12.1 Å². The summed E-state index contributed by atoms with van der Waals surface area (Å²) in [7, 11) is 0. The SMILES string of the molecule is CCn1cnc2c(F)ccc(F)c21. The smallest absolute Gasteiger partial charge is 0.151 e. The lowest BCUT2D eigenvalue weighted by molar-refractivity contribution is 0.609. The summed E-state index contributed by atoms with van der Waals surface area (Å²) in [5.74, 6) is -0.917. The second-order valence-corrected chi connectivity index (χ2v) is 2.76. The molecule has 0 fully saturated rings. The number of imidazole rings is 1. The van der Waals surface area contributed by atoms with E-state index in [1.807, 2.05) is 6.92 Å². The number of rotatable bonds is 1. The highest BCUT2D eigenvalue weighted by Crippen LogP contribution is 2.19. The molecule has 13 heavy (non-hydrogen) atoms. The van der Waals surface area contributed by atoms with E-state index in [1.54, 1.807) is 4.57 Å². The number of aryl methyl sites for hydroxylation is 1. The lowest BCUT2D eigenvalue weighted by Gasteiger charge is -1.99. The van der Waals surface area contributed by atoms with Gasteiger partial charge in [-0.1, -0.05) is 0 Å². The Morgan fingerprint density at radius 1 is 1.31 bits per heavy atom. The van der Waals surface area contributed by atoms with Crippen molar-refractivity contribution in [3.8, 4) is 0 Å². The average Bonchev–Trinajstić information content (AvgIpc) is 2.56. The normalized spacial score (nSPS) is 11.0. The summed E-state index contributed by atoms with van der Waals surface area (Å²) in [6, 6.07) is 2.20. The van der Waals surface area contributed by atoms with E-state index >= 15 is 0 Å². The minimum Gasteiger partial charge on any atom is -0.328 e. The Hall–Kier alpha value is -1.45. The molecule has 0 saturated heterocycles. The van der Waals surface area contributed by atoms with E-state index in [1.165, 1.54) is 6.33 Å². The third-order valence-corrected chi connectivity index (χ3v) is 2.01. The van der Waals surface area contributed by atoms with Gasteiger partial charge in [-0.15, -0.1) is 0 Å². The van der Waals surface area contributed by atoms with Crippen LogP contribution in [0.1, 0.15) is 6.92 Å². The van der Waals surface area contributed by atoms with E-state index in [4.69, 9.17) is 0 Å². The molecule has 68 valence electrons. The van der Waals surface area contributed by atoms with Crippen molar-refractivity contribution in [1.29, 1.82) is 0 Å². The minimum atomic E-state index is -0.483. The molecule has 0 bridgehead atoms. The molecule has 1 aromatic heterocycles. The Labute approximate surface area is 73.8 Å². The molecule has 0 spiro atoms. The van der Waals surface area contributed by atoms with Crippen LogP contribution in [0.3, 0.4) is 0 Å². The lowest BCUT2D eigenvalue weighted by atomic mass is 10.3. The van der Waals surface area contributed by atoms with Crippen LogP contribution >= 0.6 is 0 Å². The van der Waals surface area contributed by atoms with Gasteiger partial charge in [-0.2, -0.15) is 0 Å². The number of nitrogens with zero attached hydrogens (tertiary/aromatic N) is 2. The molecule has 0 aliphatic carbocycles. The molecule has 0 aliphatic heterocycles. The van der Waals surface area contributed by atoms with Gasteiger partial charge in [0, 0.05) is 6.54 Å². The van der Waals surface area contributed by atoms with Gasteiger partial charge in [-0.05, 0) is 19.1 Å². The van der Waals surface area contributed by atoms with Crippen molar-refractivity contribution in [3.63, 3.8) is 0 Å². The molecule has 0 radical (unpaired) electrons. The Bertz CT molecular complexity index is 448. The summed E-state index contributed by atoms with van der Waals surface area (Å²) in [6.45, 7) is 2.43. The predicted octanol–water partition coefficient (Wildman–Crippen LogP) is 2.33. The maximum atomic E-state index is 13.2. The Morgan fingerprint density at radius 2 is 2.00 bits per heavy atom. The topological polar surface area (TPSA) is 17.8 Å². The fourth-order valence-electron chi connectivity index (χ4n) is 1.35. The molecule has 0 aliphatic rings. The third kappa shape index (κ3) is 1.09. The van der Waals surface area contributed by atoms with Crippen molar-refractivity contribution < 1.29 is 8.78 Å². The van der Waals surface area contributed by atoms with Gasteiger partial charge in [0.05, 0.1) is 6.33 Å². The van der Waals surface area contributed by atoms with Crippen LogP contribution in [0.2, 0.25) is 0 Å². The van der Waals surface area contributed by atoms with Crippen LogP contribution in [0.15, 0.2) is 18.5 Å². The fraction of sp³-hybridized carbons (Fsp3) is 0.222. The highest BCUT2D eigenvalue weighted by atomic mass is 19.1. The van der Waals surface area contributed by atoms with Crippen molar-refractivity contribution >= 4 is 11.0 Å². The molecule has 2 aromatic rings. The van der Waals surface area contributed by atoms with Crippen LogP contribution in [-0.2, 0) is 6.54 Å². The zero-order valence-electron chi connectivity index (χ0n) is 7.09. The van der Waals surface area contributed by atoms with Crippen LogP contribution in [-0.4, -0.2) is 9.55 Å². The van der Waals surface area contributed by atoms with Crippen molar-refractivity contribution in [1.82, 2.24) is 9.55 Å². The molecular weight excluding hydrogens is 174 g/mol. The number of aromatic nitrogens is 2. The molecule has 2 nitrogen and oxygen atoms in total. The second kappa shape index (κ2) is 2.80. The largest absolute Gasteiger partial charge is 0.328 e. The maximum absolute atomic E-state index is 13.2. The first kappa shape index (κ1) is 8.16. The van der Waals surface area contributed by atoms with E-state index in [2.05, 4.69) is 4.98 Å². The summed E-state index contributed by atoms with van der Waals surface area (Å²) in [4.78, 5) is 3.80. The number of fused-ring (bicyclic) bond motifs is 1. The second-order valence-electron chi connectivity index (χ2n) is 2.76. The van der Waals surface area contributed by atoms with E-state index in [0.29, 0.717) is 6.54 Å². The van der Waals surface area contributed by atoms with Crippen molar-refractivity contribution in [3.05, 3.63) is 30.1 Å². The predicted molar refractivity (Wildman–Crippen MR) is 45.3 cm³/mol. The molecule has 0 N–H and O–H groups in total. The molecule has 1 heterocycles. The molecular formula is C9H8F2N2. The average molecular weight is 182 g/mol. The van der Waals surface area contributed by atoms with Crippen LogP contribution in [0, 0.1) is 11.6 Å². The first-order valence-electron chi connectivity index (χ1n) is 4.03. The summed E-state index contributed by atoms with van der Waals surface area (Å²) in [5, 5.41) is 0.